The maximum atomic E-state index is 9.34. The molecular formula is C16H18ClN3O. The normalized spacial score (nSPS) is 22.3. The third kappa shape index (κ3) is 2.90. The van der Waals surface area contributed by atoms with Gasteiger partial charge in [-0.05, 0) is 43.2 Å². The van der Waals surface area contributed by atoms with Gasteiger partial charge in [-0.1, -0.05) is 18.0 Å². The molecule has 2 aromatic rings. The predicted octanol–water partition coefficient (Wildman–Crippen LogP) is 3.36. The summed E-state index contributed by atoms with van der Waals surface area (Å²) in [6.45, 7) is 1.16. The van der Waals surface area contributed by atoms with Crippen molar-refractivity contribution < 1.29 is 5.11 Å². The summed E-state index contributed by atoms with van der Waals surface area (Å²) in [7, 11) is 0. The quantitative estimate of drug-likeness (QED) is 0.945. The molecule has 1 aromatic carbocycles. The highest BCUT2D eigenvalue weighted by molar-refractivity contribution is 6.35. The number of aromatic nitrogens is 2. The van der Waals surface area contributed by atoms with E-state index in [0.29, 0.717) is 22.4 Å². The van der Waals surface area contributed by atoms with Crippen LogP contribution in [-0.4, -0.2) is 21.3 Å². The van der Waals surface area contributed by atoms with Gasteiger partial charge >= 0.3 is 0 Å². The van der Waals surface area contributed by atoms with Crippen molar-refractivity contribution in [3.8, 4) is 6.07 Å². The number of hydrogen-bond donors (Lipinski definition) is 1. The second-order valence-electron chi connectivity index (χ2n) is 5.92. The Labute approximate surface area is 129 Å². The highest BCUT2D eigenvalue weighted by Crippen LogP contribution is 2.31. The average molecular weight is 304 g/mol. The van der Waals surface area contributed by atoms with Crippen molar-refractivity contribution in [2.75, 3.05) is 6.61 Å². The van der Waals surface area contributed by atoms with E-state index in [-0.39, 0.29) is 6.61 Å². The summed E-state index contributed by atoms with van der Waals surface area (Å²) in [5, 5.41) is 18.9. The summed E-state index contributed by atoms with van der Waals surface area (Å²) in [6, 6.07) is 5.64. The van der Waals surface area contributed by atoms with E-state index in [2.05, 4.69) is 15.6 Å². The number of rotatable bonds is 3. The number of nitrogens with zero attached hydrogens (tertiary/aromatic N) is 3. The van der Waals surface area contributed by atoms with Crippen molar-refractivity contribution >= 4 is 22.6 Å². The number of aliphatic hydroxyl groups excluding tert-OH is 1. The Morgan fingerprint density at radius 1 is 1.38 bits per heavy atom. The van der Waals surface area contributed by atoms with Gasteiger partial charge < -0.3 is 9.67 Å². The van der Waals surface area contributed by atoms with E-state index in [1.54, 1.807) is 12.4 Å². The molecule has 1 heterocycles. The first-order valence-corrected chi connectivity index (χ1v) is 7.74. The zero-order valence-electron chi connectivity index (χ0n) is 11.8. The minimum absolute atomic E-state index is 0.283. The number of aliphatic hydroxyl groups is 1. The van der Waals surface area contributed by atoms with Gasteiger partial charge in [-0.3, -0.25) is 0 Å². The van der Waals surface area contributed by atoms with Crippen LogP contribution in [0.5, 0.6) is 0 Å². The Morgan fingerprint density at radius 2 is 2.19 bits per heavy atom. The molecule has 0 spiro atoms. The van der Waals surface area contributed by atoms with E-state index in [1.165, 1.54) is 12.8 Å². The Bertz CT molecular complexity index is 689. The van der Waals surface area contributed by atoms with Gasteiger partial charge in [-0.25, -0.2) is 4.98 Å². The van der Waals surface area contributed by atoms with Crippen LogP contribution in [-0.2, 0) is 6.54 Å². The first-order valence-electron chi connectivity index (χ1n) is 7.36. The van der Waals surface area contributed by atoms with E-state index in [0.717, 1.165) is 30.4 Å². The highest BCUT2D eigenvalue weighted by Gasteiger charge is 2.22. The fourth-order valence-electron chi connectivity index (χ4n) is 3.34. The SMILES string of the molecule is N#Cc1cc(Cl)c2ncn(C[C@H]3CCCC(CO)C3)c2c1. The Balaban J connectivity index is 1.87. The number of nitriles is 1. The van der Waals surface area contributed by atoms with Crippen LogP contribution in [0, 0.1) is 23.2 Å². The Kier molecular flexibility index (Phi) is 4.14. The van der Waals surface area contributed by atoms with Crippen molar-refractivity contribution in [1.82, 2.24) is 9.55 Å². The van der Waals surface area contributed by atoms with Crippen molar-refractivity contribution in [3.05, 3.63) is 29.0 Å². The van der Waals surface area contributed by atoms with Crippen LogP contribution in [0.2, 0.25) is 5.02 Å². The van der Waals surface area contributed by atoms with Crippen LogP contribution >= 0.6 is 11.6 Å². The molecule has 4 nitrogen and oxygen atoms in total. The van der Waals surface area contributed by atoms with Crippen LogP contribution in [0.15, 0.2) is 18.5 Å². The summed E-state index contributed by atoms with van der Waals surface area (Å²) in [5.41, 5.74) is 2.24. The maximum Gasteiger partial charge on any atom is 0.107 e. The molecule has 21 heavy (non-hydrogen) atoms. The molecule has 1 unspecified atom stereocenters. The van der Waals surface area contributed by atoms with E-state index >= 15 is 0 Å². The fourth-order valence-corrected chi connectivity index (χ4v) is 3.61. The van der Waals surface area contributed by atoms with Crippen LogP contribution in [0.4, 0.5) is 0 Å². The maximum absolute atomic E-state index is 9.34. The second-order valence-corrected chi connectivity index (χ2v) is 6.32. The van der Waals surface area contributed by atoms with E-state index < -0.39 is 0 Å². The molecule has 1 saturated carbocycles. The van der Waals surface area contributed by atoms with Crippen LogP contribution in [0.1, 0.15) is 31.2 Å². The fraction of sp³-hybridized carbons (Fsp3) is 0.500. The molecule has 3 rings (SSSR count). The van der Waals surface area contributed by atoms with Crippen molar-refractivity contribution in [2.45, 2.75) is 32.2 Å². The lowest BCUT2D eigenvalue weighted by Gasteiger charge is -2.28. The predicted molar refractivity (Wildman–Crippen MR) is 82.0 cm³/mol. The lowest BCUT2D eigenvalue weighted by Crippen LogP contribution is -2.21. The number of hydrogen-bond acceptors (Lipinski definition) is 3. The summed E-state index contributed by atoms with van der Waals surface area (Å²) >= 11 is 6.18. The summed E-state index contributed by atoms with van der Waals surface area (Å²) in [5.74, 6) is 0.981. The van der Waals surface area contributed by atoms with Crippen LogP contribution < -0.4 is 0 Å². The second kappa shape index (κ2) is 6.05. The molecule has 110 valence electrons. The number of imidazole rings is 1. The molecule has 1 aliphatic carbocycles. The molecule has 0 amide bonds. The van der Waals surface area contributed by atoms with Gasteiger partial charge in [-0.15, -0.1) is 0 Å². The Morgan fingerprint density at radius 3 is 2.95 bits per heavy atom. The smallest absolute Gasteiger partial charge is 0.107 e. The summed E-state index contributed by atoms with van der Waals surface area (Å²) in [4.78, 5) is 4.37. The summed E-state index contributed by atoms with van der Waals surface area (Å²) < 4.78 is 2.09. The molecule has 0 bridgehead atoms. The molecule has 1 N–H and O–H groups in total. The molecule has 5 heteroatoms. The number of benzene rings is 1. The third-order valence-corrected chi connectivity index (χ3v) is 4.70. The molecule has 1 fully saturated rings. The van der Waals surface area contributed by atoms with Gasteiger partial charge in [0.05, 0.1) is 28.5 Å². The van der Waals surface area contributed by atoms with Crippen LogP contribution in [0.3, 0.4) is 0 Å². The lowest BCUT2D eigenvalue weighted by atomic mass is 9.82. The van der Waals surface area contributed by atoms with Gasteiger partial charge in [0.15, 0.2) is 0 Å². The number of fused-ring (bicyclic) bond motifs is 1. The van der Waals surface area contributed by atoms with Gasteiger partial charge in [0.1, 0.15) is 5.52 Å². The molecule has 0 radical (unpaired) electrons. The largest absolute Gasteiger partial charge is 0.396 e. The van der Waals surface area contributed by atoms with E-state index in [1.807, 2.05) is 6.07 Å². The van der Waals surface area contributed by atoms with Gasteiger partial charge in [0, 0.05) is 13.2 Å². The third-order valence-electron chi connectivity index (χ3n) is 4.41. The standard InChI is InChI=1S/C16H18ClN3O/c17-14-5-13(7-18)6-15-16(14)19-10-20(15)8-11-2-1-3-12(4-11)9-21/h5-6,10-12,21H,1-4,8-9H2/t11-,12?/m0/s1. The van der Waals surface area contributed by atoms with Gasteiger partial charge in [0.25, 0.3) is 0 Å². The van der Waals surface area contributed by atoms with E-state index in [9.17, 15) is 5.11 Å². The summed E-state index contributed by atoms with van der Waals surface area (Å²) in [6.07, 6.45) is 6.35. The van der Waals surface area contributed by atoms with Crippen molar-refractivity contribution in [2.24, 2.45) is 11.8 Å². The lowest BCUT2D eigenvalue weighted by molar-refractivity contribution is 0.153. The van der Waals surface area contributed by atoms with Crippen molar-refractivity contribution in [3.63, 3.8) is 0 Å². The molecule has 1 aliphatic rings. The monoisotopic (exact) mass is 303 g/mol. The van der Waals surface area contributed by atoms with E-state index in [4.69, 9.17) is 16.9 Å². The first-order chi connectivity index (χ1) is 10.2. The molecule has 0 aliphatic heterocycles. The van der Waals surface area contributed by atoms with Gasteiger partial charge in [-0.2, -0.15) is 5.26 Å². The Hall–Kier alpha value is -1.57. The van der Waals surface area contributed by atoms with Crippen LogP contribution in [0.25, 0.3) is 11.0 Å². The zero-order chi connectivity index (χ0) is 14.8. The zero-order valence-corrected chi connectivity index (χ0v) is 12.6. The minimum atomic E-state index is 0.283. The van der Waals surface area contributed by atoms with Crippen molar-refractivity contribution in [1.29, 1.82) is 5.26 Å². The molecule has 2 atom stereocenters. The topological polar surface area (TPSA) is 61.8 Å². The first kappa shape index (κ1) is 14.4. The average Bonchev–Trinajstić information content (AvgIpc) is 2.91. The highest BCUT2D eigenvalue weighted by atomic mass is 35.5. The molecule has 0 saturated heterocycles. The van der Waals surface area contributed by atoms with Gasteiger partial charge in [0.2, 0.25) is 0 Å². The molecular weight excluding hydrogens is 286 g/mol. The molecule has 1 aromatic heterocycles. The number of halogens is 1. The minimum Gasteiger partial charge on any atom is -0.396 e.